The van der Waals surface area contributed by atoms with E-state index in [4.69, 9.17) is 4.98 Å². The second-order valence-electron chi connectivity index (χ2n) is 7.22. The van der Waals surface area contributed by atoms with E-state index in [-0.39, 0.29) is 11.8 Å². The molecular formula is C20H31N5O2. The maximum Gasteiger partial charge on any atom is 0.252 e. The molecule has 2 aromatic rings. The Labute approximate surface area is 161 Å². The van der Waals surface area contributed by atoms with Crippen molar-refractivity contribution in [2.75, 3.05) is 31.6 Å². The number of hydrogen-bond donors (Lipinski definition) is 2. The Morgan fingerprint density at radius 1 is 1.22 bits per heavy atom. The molecule has 148 valence electrons. The lowest BCUT2D eigenvalue weighted by Gasteiger charge is -2.21. The van der Waals surface area contributed by atoms with Crippen LogP contribution in [0.1, 0.15) is 50.2 Å². The smallest absolute Gasteiger partial charge is 0.252 e. The van der Waals surface area contributed by atoms with Crippen LogP contribution in [0.3, 0.4) is 0 Å². The predicted octanol–water partition coefficient (Wildman–Crippen LogP) is 2.24. The Bertz CT molecular complexity index is 797. The lowest BCUT2D eigenvalue weighted by molar-refractivity contribution is -0.118. The Kier molecular flexibility index (Phi) is 7.21. The third-order valence-corrected chi connectivity index (χ3v) is 4.45. The highest BCUT2D eigenvalue weighted by molar-refractivity contribution is 5.94. The lowest BCUT2D eigenvalue weighted by atomic mass is 10.1. The van der Waals surface area contributed by atoms with E-state index in [2.05, 4.69) is 43.4 Å². The highest BCUT2D eigenvalue weighted by Crippen LogP contribution is 2.23. The number of aromatic nitrogens is 2. The maximum atomic E-state index is 12.4. The first-order valence-corrected chi connectivity index (χ1v) is 9.58. The summed E-state index contributed by atoms with van der Waals surface area (Å²) in [6, 6.07) is 3.66. The Morgan fingerprint density at radius 3 is 2.56 bits per heavy atom. The van der Waals surface area contributed by atoms with E-state index in [0.29, 0.717) is 24.6 Å². The van der Waals surface area contributed by atoms with Crippen LogP contribution in [-0.2, 0) is 11.2 Å². The van der Waals surface area contributed by atoms with E-state index >= 15 is 0 Å². The molecule has 2 amide bonds. The van der Waals surface area contributed by atoms with Gasteiger partial charge < -0.3 is 15.5 Å². The zero-order valence-electron chi connectivity index (χ0n) is 17.0. The van der Waals surface area contributed by atoms with Crippen molar-refractivity contribution in [1.29, 1.82) is 0 Å². The Morgan fingerprint density at radius 2 is 1.93 bits per heavy atom. The van der Waals surface area contributed by atoms with Crippen molar-refractivity contribution >= 4 is 23.3 Å². The first kappa shape index (κ1) is 20.7. The molecule has 0 bridgehead atoms. The molecule has 7 heteroatoms. The first-order chi connectivity index (χ1) is 12.8. The zero-order chi connectivity index (χ0) is 20.0. The summed E-state index contributed by atoms with van der Waals surface area (Å²) in [6.45, 7) is 9.72. The minimum absolute atomic E-state index is 0.106. The van der Waals surface area contributed by atoms with Crippen molar-refractivity contribution in [3.05, 3.63) is 29.6 Å². The van der Waals surface area contributed by atoms with Gasteiger partial charge in [0.15, 0.2) is 0 Å². The summed E-state index contributed by atoms with van der Waals surface area (Å²) in [5, 5.41) is 5.49. The van der Waals surface area contributed by atoms with Gasteiger partial charge in [-0.3, -0.25) is 14.0 Å². The van der Waals surface area contributed by atoms with Crippen LogP contribution >= 0.6 is 0 Å². The van der Waals surface area contributed by atoms with Gasteiger partial charge in [0.25, 0.3) is 5.91 Å². The first-order valence-electron chi connectivity index (χ1n) is 9.58. The Hall–Kier alpha value is -2.57. The van der Waals surface area contributed by atoms with Gasteiger partial charge in [-0.25, -0.2) is 4.98 Å². The van der Waals surface area contributed by atoms with Gasteiger partial charge in [0.1, 0.15) is 11.5 Å². The van der Waals surface area contributed by atoms with Crippen molar-refractivity contribution in [2.45, 2.75) is 40.5 Å². The van der Waals surface area contributed by atoms with E-state index in [0.717, 1.165) is 36.5 Å². The number of aryl methyl sites for hydroxylation is 1. The van der Waals surface area contributed by atoms with Crippen LogP contribution in [0, 0.1) is 5.92 Å². The number of hydrogen-bond acceptors (Lipinski definition) is 4. The molecule has 0 saturated heterocycles. The number of pyridine rings is 1. The molecular weight excluding hydrogens is 342 g/mol. The largest absolute Gasteiger partial charge is 0.359 e. The average Bonchev–Trinajstić information content (AvgIpc) is 3.00. The van der Waals surface area contributed by atoms with Gasteiger partial charge in [0.2, 0.25) is 5.91 Å². The fourth-order valence-electron chi connectivity index (χ4n) is 2.93. The average molecular weight is 374 g/mol. The fraction of sp³-hybridized carbons (Fsp3) is 0.550. The quantitative estimate of drug-likeness (QED) is 0.661. The van der Waals surface area contributed by atoms with Gasteiger partial charge in [-0.1, -0.05) is 20.8 Å². The van der Waals surface area contributed by atoms with Gasteiger partial charge in [0.05, 0.1) is 11.3 Å². The molecule has 0 saturated carbocycles. The summed E-state index contributed by atoms with van der Waals surface area (Å²) < 4.78 is 2.00. The van der Waals surface area contributed by atoms with Crippen LogP contribution in [0.4, 0.5) is 5.82 Å². The monoisotopic (exact) mass is 373 g/mol. The number of carbonyl (C=O) groups is 2. The third-order valence-electron chi connectivity index (χ3n) is 4.45. The highest BCUT2D eigenvalue weighted by Gasteiger charge is 2.17. The van der Waals surface area contributed by atoms with Gasteiger partial charge in [-0.15, -0.1) is 0 Å². The van der Waals surface area contributed by atoms with Crippen LogP contribution < -0.4 is 15.5 Å². The second-order valence-corrected chi connectivity index (χ2v) is 7.22. The van der Waals surface area contributed by atoms with E-state index in [1.807, 2.05) is 16.7 Å². The van der Waals surface area contributed by atoms with Gasteiger partial charge >= 0.3 is 0 Å². The zero-order valence-corrected chi connectivity index (χ0v) is 17.0. The van der Waals surface area contributed by atoms with Crippen molar-refractivity contribution in [3.8, 4) is 0 Å². The molecule has 0 aliphatic rings. The van der Waals surface area contributed by atoms with E-state index < -0.39 is 0 Å². The maximum absolute atomic E-state index is 12.4. The van der Waals surface area contributed by atoms with E-state index in [1.54, 1.807) is 6.07 Å². The summed E-state index contributed by atoms with van der Waals surface area (Å²) in [4.78, 5) is 30.3. The molecule has 2 rings (SSSR count). The molecule has 0 aliphatic carbocycles. The fourth-order valence-corrected chi connectivity index (χ4v) is 2.93. The molecule has 2 aromatic heterocycles. The molecule has 0 atom stereocenters. The molecule has 2 N–H and O–H groups in total. The topological polar surface area (TPSA) is 78.7 Å². The van der Waals surface area contributed by atoms with Gasteiger partial charge in [0, 0.05) is 39.8 Å². The minimum atomic E-state index is -0.162. The van der Waals surface area contributed by atoms with Crippen LogP contribution in [0.5, 0.6) is 0 Å². The van der Waals surface area contributed by atoms with Crippen LogP contribution in [-0.4, -0.2) is 47.9 Å². The molecule has 27 heavy (non-hydrogen) atoms. The van der Waals surface area contributed by atoms with Gasteiger partial charge in [-0.05, 0) is 30.9 Å². The van der Waals surface area contributed by atoms with E-state index in [1.165, 1.54) is 6.92 Å². The molecule has 0 spiro atoms. The number of imidazole rings is 1. The van der Waals surface area contributed by atoms with Crippen molar-refractivity contribution in [1.82, 2.24) is 20.0 Å². The Balaban J connectivity index is 2.22. The van der Waals surface area contributed by atoms with Crippen LogP contribution in [0.25, 0.3) is 5.65 Å². The van der Waals surface area contributed by atoms with Crippen LogP contribution in [0.2, 0.25) is 0 Å². The van der Waals surface area contributed by atoms with Crippen LogP contribution in [0.15, 0.2) is 18.3 Å². The second kappa shape index (κ2) is 9.39. The summed E-state index contributed by atoms with van der Waals surface area (Å²) in [7, 11) is 2.07. The number of amides is 2. The summed E-state index contributed by atoms with van der Waals surface area (Å²) in [6.07, 6.45) is 3.77. The van der Waals surface area contributed by atoms with Crippen molar-refractivity contribution < 1.29 is 9.59 Å². The SMILES string of the molecule is CCc1nc2ccc(C(=O)NCCNC(C)=O)cn2c1N(C)CCC(C)C. The molecule has 0 unspecified atom stereocenters. The lowest BCUT2D eigenvalue weighted by Crippen LogP contribution is -2.33. The molecule has 0 fully saturated rings. The molecule has 7 nitrogen and oxygen atoms in total. The number of nitrogens with one attached hydrogen (secondary N) is 2. The third kappa shape index (κ3) is 5.45. The van der Waals surface area contributed by atoms with Crippen molar-refractivity contribution in [3.63, 3.8) is 0 Å². The van der Waals surface area contributed by atoms with Crippen molar-refractivity contribution in [2.24, 2.45) is 5.92 Å². The number of nitrogens with zero attached hydrogens (tertiary/aromatic N) is 3. The standard InChI is InChI=1S/C20H31N5O2/c1-6-17-20(24(5)12-9-14(2)3)25-13-16(7-8-18(25)23-17)19(27)22-11-10-21-15(4)26/h7-8,13-14H,6,9-12H2,1-5H3,(H,21,26)(H,22,27). The number of rotatable bonds is 9. The number of fused-ring (bicyclic) bond motifs is 1. The predicted molar refractivity (Wildman–Crippen MR) is 108 cm³/mol. The summed E-state index contributed by atoms with van der Waals surface area (Å²) in [5.41, 5.74) is 2.45. The van der Waals surface area contributed by atoms with E-state index in [9.17, 15) is 9.59 Å². The minimum Gasteiger partial charge on any atom is -0.359 e. The highest BCUT2D eigenvalue weighted by atomic mass is 16.2. The molecule has 2 heterocycles. The molecule has 0 radical (unpaired) electrons. The number of carbonyl (C=O) groups excluding carboxylic acids is 2. The summed E-state index contributed by atoms with van der Waals surface area (Å²) >= 11 is 0. The molecule has 0 aliphatic heterocycles. The van der Waals surface area contributed by atoms with Gasteiger partial charge in [-0.2, -0.15) is 0 Å². The molecule has 0 aromatic carbocycles. The normalized spacial score (nSPS) is 11.0. The summed E-state index contributed by atoms with van der Waals surface area (Å²) in [5.74, 6) is 1.40. The number of anilines is 1.